The van der Waals surface area contributed by atoms with Gasteiger partial charge < -0.3 is 40.2 Å². The summed E-state index contributed by atoms with van der Waals surface area (Å²) in [5.41, 5.74) is 0. The minimum absolute atomic E-state index is 0. The molecule has 0 aliphatic carbocycles. The summed E-state index contributed by atoms with van der Waals surface area (Å²) in [5, 5.41) is 50.5. The summed E-state index contributed by atoms with van der Waals surface area (Å²) < 4.78 is 0. The zero-order chi connectivity index (χ0) is 11.7. The van der Waals surface area contributed by atoms with Crippen LogP contribution < -0.4 is 10.2 Å². The Kier molecular flexibility index (Phi) is 15.2. The molecule has 0 aliphatic rings. The first-order valence-electron chi connectivity index (χ1n) is 3.36. The van der Waals surface area contributed by atoms with E-state index in [1.165, 1.54) is 0 Å². The van der Waals surface area contributed by atoms with Crippen molar-refractivity contribution < 1.29 is 59.7 Å². The molecule has 0 saturated heterocycles. The molecular formula is C6H10O8Zn. The van der Waals surface area contributed by atoms with Crippen LogP contribution in [0.3, 0.4) is 0 Å². The molecule has 84 valence electrons. The first kappa shape index (κ1) is 19.9. The molecule has 0 aromatic rings. The maximum absolute atomic E-state index is 9.41. The van der Waals surface area contributed by atoms with Crippen LogP contribution in [-0.4, -0.2) is 57.8 Å². The van der Waals surface area contributed by atoms with E-state index >= 15 is 0 Å². The molecule has 0 saturated carbocycles. The number of aliphatic carboxylic acids is 2. The Balaban J connectivity index is -0.000000180. The molecule has 0 unspecified atom stereocenters. The van der Waals surface area contributed by atoms with Gasteiger partial charge in [0.25, 0.3) is 0 Å². The van der Waals surface area contributed by atoms with Gasteiger partial charge in [-0.05, 0) is 0 Å². The van der Waals surface area contributed by atoms with Gasteiger partial charge in [0.15, 0.2) is 0 Å². The summed E-state index contributed by atoms with van der Waals surface area (Å²) in [5.74, 6) is -3.30. The van der Waals surface area contributed by atoms with Crippen LogP contribution in [0.25, 0.3) is 0 Å². The standard InChI is InChI=1S/2C3H6O4.Zn/c2*4-1-2(5)3(6)7;/h2*2,4-5H,1H2,(H,6,7);/q;;+2/p-2/t2*2-;/m11./s1. The van der Waals surface area contributed by atoms with Crippen LogP contribution in [-0.2, 0) is 29.1 Å². The van der Waals surface area contributed by atoms with Crippen molar-refractivity contribution in [1.29, 1.82) is 0 Å². The monoisotopic (exact) mass is 274 g/mol. The second-order valence-electron chi connectivity index (χ2n) is 2.03. The average molecular weight is 276 g/mol. The van der Waals surface area contributed by atoms with E-state index in [1.54, 1.807) is 0 Å². The summed E-state index contributed by atoms with van der Waals surface area (Å²) in [6.45, 7) is -1.58. The molecule has 0 aromatic carbocycles. The Morgan fingerprint density at radius 1 is 0.933 bits per heavy atom. The molecule has 0 spiro atoms. The van der Waals surface area contributed by atoms with Crippen molar-refractivity contribution in [2.24, 2.45) is 0 Å². The Morgan fingerprint density at radius 2 is 1.13 bits per heavy atom. The molecule has 0 bridgehead atoms. The van der Waals surface area contributed by atoms with Crippen LogP contribution in [0.5, 0.6) is 0 Å². The number of aliphatic hydroxyl groups excluding tert-OH is 4. The Bertz CT molecular complexity index is 164. The maximum atomic E-state index is 9.41. The number of rotatable bonds is 4. The van der Waals surface area contributed by atoms with Crippen molar-refractivity contribution in [1.82, 2.24) is 0 Å². The van der Waals surface area contributed by atoms with Crippen molar-refractivity contribution in [2.45, 2.75) is 12.2 Å². The third kappa shape index (κ3) is 13.4. The van der Waals surface area contributed by atoms with Crippen molar-refractivity contribution in [3.8, 4) is 0 Å². The minimum atomic E-state index is -1.74. The summed E-state index contributed by atoms with van der Waals surface area (Å²) in [4.78, 5) is 18.8. The molecule has 0 radical (unpaired) electrons. The summed E-state index contributed by atoms with van der Waals surface area (Å²) >= 11 is 0. The molecule has 0 amide bonds. The van der Waals surface area contributed by atoms with Gasteiger partial charge in [0.05, 0.1) is 25.2 Å². The van der Waals surface area contributed by atoms with Gasteiger partial charge in [-0.1, -0.05) is 0 Å². The van der Waals surface area contributed by atoms with Crippen molar-refractivity contribution >= 4 is 11.9 Å². The molecular weight excluding hydrogens is 265 g/mol. The average Bonchev–Trinajstić information content (AvgIpc) is 2.15. The van der Waals surface area contributed by atoms with Crippen molar-refractivity contribution in [3.63, 3.8) is 0 Å². The molecule has 0 rings (SSSR count). The summed E-state index contributed by atoms with van der Waals surface area (Å²) in [6.07, 6.45) is -3.47. The Morgan fingerprint density at radius 3 is 1.13 bits per heavy atom. The maximum Gasteiger partial charge on any atom is 2.00 e. The van der Waals surface area contributed by atoms with Gasteiger partial charge in [-0.3, -0.25) is 0 Å². The Hall–Kier alpha value is -0.597. The first-order chi connectivity index (χ1) is 6.36. The molecule has 2 atom stereocenters. The van der Waals surface area contributed by atoms with E-state index in [4.69, 9.17) is 20.4 Å². The van der Waals surface area contributed by atoms with Crippen molar-refractivity contribution in [3.05, 3.63) is 0 Å². The number of aliphatic hydroxyl groups is 4. The molecule has 8 nitrogen and oxygen atoms in total. The summed E-state index contributed by atoms with van der Waals surface area (Å²) in [6, 6.07) is 0. The van der Waals surface area contributed by atoms with Gasteiger partial charge in [0.1, 0.15) is 12.2 Å². The fraction of sp³-hybridized carbons (Fsp3) is 0.667. The molecule has 0 heterocycles. The van der Waals surface area contributed by atoms with E-state index in [9.17, 15) is 19.8 Å². The second kappa shape index (κ2) is 11.5. The zero-order valence-corrected chi connectivity index (χ0v) is 10.7. The van der Waals surface area contributed by atoms with Crippen LogP contribution in [0.1, 0.15) is 0 Å². The van der Waals surface area contributed by atoms with E-state index in [-0.39, 0.29) is 19.5 Å². The van der Waals surface area contributed by atoms with Gasteiger partial charge >= 0.3 is 19.5 Å². The first-order valence-corrected chi connectivity index (χ1v) is 3.36. The molecule has 4 N–H and O–H groups in total. The fourth-order valence-corrected chi connectivity index (χ4v) is 0.149. The smallest absolute Gasteiger partial charge is 0.547 e. The molecule has 15 heavy (non-hydrogen) atoms. The van der Waals surface area contributed by atoms with Crippen LogP contribution >= 0.6 is 0 Å². The quantitative estimate of drug-likeness (QED) is 0.369. The predicted molar refractivity (Wildman–Crippen MR) is 36.2 cm³/mol. The number of carbonyl (C=O) groups excluding carboxylic acids is 2. The number of carbonyl (C=O) groups is 2. The largest absolute Gasteiger partial charge is 2.00 e. The zero-order valence-electron chi connectivity index (χ0n) is 7.70. The van der Waals surface area contributed by atoms with E-state index in [0.29, 0.717) is 0 Å². The summed E-state index contributed by atoms with van der Waals surface area (Å²) in [7, 11) is 0. The topological polar surface area (TPSA) is 161 Å². The van der Waals surface area contributed by atoms with Crippen LogP contribution in [0.4, 0.5) is 0 Å². The van der Waals surface area contributed by atoms with Crippen LogP contribution in [0, 0.1) is 0 Å². The third-order valence-corrected chi connectivity index (χ3v) is 0.890. The SMILES string of the molecule is O=C([O-])[C@H](O)CO.O=C([O-])[C@H](O)CO.[Zn+2]. The van der Waals surface area contributed by atoms with Gasteiger partial charge in [-0.15, -0.1) is 0 Å². The molecule has 0 aromatic heterocycles. The number of carboxylic acid groups (broad SMARTS) is 2. The number of hydrogen-bond donors (Lipinski definition) is 4. The minimum Gasteiger partial charge on any atom is -0.547 e. The molecule has 0 fully saturated rings. The van der Waals surface area contributed by atoms with E-state index in [2.05, 4.69) is 0 Å². The van der Waals surface area contributed by atoms with E-state index < -0.39 is 37.4 Å². The van der Waals surface area contributed by atoms with Crippen LogP contribution in [0.2, 0.25) is 0 Å². The number of hydrogen-bond acceptors (Lipinski definition) is 8. The molecule has 0 aliphatic heterocycles. The fourth-order valence-electron chi connectivity index (χ4n) is 0.149. The normalized spacial score (nSPS) is 12.5. The van der Waals surface area contributed by atoms with Gasteiger partial charge in [0.2, 0.25) is 0 Å². The van der Waals surface area contributed by atoms with Gasteiger partial charge in [-0.2, -0.15) is 0 Å². The molecule has 9 heteroatoms. The third-order valence-electron chi connectivity index (χ3n) is 0.890. The van der Waals surface area contributed by atoms with E-state index in [0.717, 1.165) is 0 Å². The van der Waals surface area contributed by atoms with Gasteiger partial charge in [-0.25, -0.2) is 0 Å². The predicted octanol–water partition coefficient (Wildman–Crippen LogP) is -5.82. The van der Waals surface area contributed by atoms with Crippen LogP contribution in [0.15, 0.2) is 0 Å². The number of carboxylic acids is 2. The van der Waals surface area contributed by atoms with Crippen molar-refractivity contribution in [2.75, 3.05) is 13.2 Å². The van der Waals surface area contributed by atoms with Gasteiger partial charge in [0, 0.05) is 0 Å². The Labute approximate surface area is 97.5 Å². The van der Waals surface area contributed by atoms with E-state index in [1.807, 2.05) is 0 Å². The second-order valence-corrected chi connectivity index (χ2v) is 2.03.